The lowest BCUT2D eigenvalue weighted by atomic mass is 9.98. The van der Waals surface area contributed by atoms with Crippen LogP contribution in [0.4, 0.5) is 0 Å². The Morgan fingerprint density at radius 1 is 1.15 bits per heavy atom. The standard InChI is InChI=1S/C18H20N10O4S2/c19-6-10(8-29)25-33(30)14-4-2-11(9-1-3-12-13(5-9)22-15(7-20)21-12)16(18-23-26-27-24-18)17(14)34(31,32)28-33/h1-5,10,29H,6-8,19-20H2,(H,21,22)(H,25,28,30)(H,23,24,26,27)/t10-,33?/m0/s1. The van der Waals surface area contributed by atoms with Gasteiger partial charge in [-0.25, -0.2) is 13.9 Å². The van der Waals surface area contributed by atoms with E-state index in [0.717, 1.165) is 0 Å². The predicted molar refractivity (Wildman–Crippen MR) is 122 cm³/mol. The summed E-state index contributed by atoms with van der Waals surface area (Å²) >= 11 is 0. The Bertz CT molecular complexity index is 1620. The van der Waals surface area contributed by atoms with Crippen LogP contribution in [0, 0.1) is 0 Å². The maximum Gasteiger partial charge on any atom is 0.293 e. The molecule has 1 aliphatic heterocycles. The van der Waals surface area contributed by atoms with E-state index >= 15 is 0 Å². The lowest BCUT2D eigenvalue weighted by molar-refractivity contribution is 0.260. The summed E-state index contributed by atoms with van der Waals surface area (Å²) in [6.45, 7) is -0.304. The van der Waals surface area contributed by atoms with Crippen molar-refractivity contribution >= 4 is 31.0 Å². The number of hydrogen-bond acceptors (Lipinski definition) is 10. The Kier molecular flexibility index (Phi) is 5.42. The fourth-order valence-corrected chi connectivity index (χ4v) is 8.47. The zero-order chi connectivity index (χ0) is 24.1. The summed E-state index contributed by atoms with van der Waals surface area (Å²) in [5.41, 5.74) is 13.8. The molecule has 0 amide bonds. The smallest absolute Gasteiger partial charge is 0.293 e. The molecule has 178 valence electrons. The average Bonchev–Trinajstić information content (AvgIpc) is 3.54. The number of benzene rings is 2. The van der Waals surface area contributed by atoms with Gasteiger partial charge >= 0.3 is 0 Å². The van der Waals surface area contributed by atoms with E-state index in [9.17, 15) is 17.7 Å². The number of nitrogens with one attached hydrogen (secondary N) is 3. The number of hydrogen-bond donors (Lipinski definition) is 6. The molecular weight excluding hydrogens is 484 g/mol. The first kappa shape index (κ1) is 22.5. The van der Waals surface area contributed by atoms with E-state index in [1.165, 1.54) is 6.07 Å². The van der Waals surface area contributed by atoms with E-state index in [2.05, 4.69) is 39.1 Å². The highest BCUT2D eigenvalue weighted by Crippen LogP contribution is 2.44. The molecule has 0 saturated heterocycles. The van der Waals surface area contributed by atoms with Crippen LogP contribution in [0.1, 0.15) is 5.82 Å². The van der Waals surface area contributed by atoms with Crippen LogP contribution in [-0.2, 0) is 26.5 Å². The van der Waals surface area contributed by atoms with Gasteiger partial charge in [0, 0.05) is 6.54 Å². The SMILES string of the molecule is NCc1nc2ccc(-c3ccc4c(c3-c3nn[nH]n3)S(=O)(=O)N=S4(=O)N[C@@H](CN)CO)cc2[nH]1. The van der Waals surface area contributed by atoms with Gasteiger partial charge in [-0.2, -0.15) is 13.6 Å². The fraction of sp³-hybridized carbons (Fsp3) is 0.222. The Hall–Kier alpha value is -3.28. The highest BCUT2D eigenvalue weighted by atomic mass is 32.3. The van der Waals surface area contributed by atoms with Crippen molar-refractivity contribution in [2.75, 3.05) is 13.2 Å². The quantitative estimate of drug-likeness (QED) is 0.184. The number of aliphatic hydroxyl groups is 1. The minimum absolute atomic E-state index is 0.0147. The number of aromatic nitrogens is 6. The number of H-pyrrole nitrogens is 2. The summed E-state index contributed by atoms with van der Waals surface area (Å²) < 4.78 is 46.2. The summed E-state index contributed by atoms with van der Waals surface area (Å²) in [4.78, 5) is 7.11. The third kappa shape index (κ3) is 3.56. The van der Waals surface area contributed by atoms with Gasteiger partial charge in [-0.15, -0.1) is 10.2 Å². The van der Waals surface area contributed by atoms with Crippen molar-refractivity contribution in [2.24, 2.45) is 15.2 Å². The average molecular weight is 505 g/mol. The van der Waals surface area contributed by atoms with Gasteiger partial charge in [0.25, 0.3) is 10.0 Å². The third-order valence-corrected chi connectivity index (χ3v) is 9.60. The van der Waals surface area contributed by atoms with Gasteiger partial charge in [0.2, 0.25) is 5.82 Å². The Labute approximate surface area is 193 Å². The van der Waals surface area contributed by atoms with Crippen molar-refractivity contribution in [3.05, 3.63) is 36.2 Å². The summed E-state index contributed by atoms with van der Waals surface area (Å²) in [5, 5.41) is 23.3. The van der Waals surface area contributed by atoms with Crippen LogP contribution in [0.15, 0.2) is 43.9 Å². The van der Waals surface area contributed by atoms with Gasteiger partial charge in [0.1, 0.15) is 10.7 Å². The molecule has 0 spiro atoms. The van der Waals surface area contributed by atoms with Gasteiger partial charge < -0.3 is 21.6 Å². The second kappa shape index (κ2) is 8.19. The number of nitrogens with zero attached hydrogens (tertiary/aromatic N) is 5. The third-order valence-electron chi connectivity index (χ3n) is 5.32. The van der Waals surface area contributed by atoms with Crippen LogP contribution in [0.25, 0.3) is 33.5 Å². The molecule has 0 fully saturated rings. The zero-order valence-electron chi connectivity index (χ0n) is 17.5. The number of aliphatic hydroxyl groups excluding tert-OH is 1. The molecule has 3 heterocycles. The number of fused-ring (bicyclic) bond motifs is 2. The molecule has 1 aliphatic rings. The van der Waals surface area contributed by atoms with E-state index in [-0.39, 0.29) is 34.3 Å². The number of aromatic amines is 2. The largest absolute Gasteiger partial charge is 0.395 e. The maximum absolute atomic E-state index is 13.6. The Morgan fingerprint density at radius 2 is 1.97 bits per heavy atom. The first-order chi connectivity index (χ1) is 16.3. The van der Waals surface area contributed by atoms with Gasteiger partial charge in [-0.1, -0.05) is 15.9 Å². The number of nitrogens with two attached hydrogens (primary N) is 2. The van der Waals surface area contributed by atoms with Crippen LogP contribution in [0.5, 0.6) is 0 Å². The molecular formula is C18H20N10O4S2. The van der Waals surface area contributed by atoms with Crippen LogP contribution in [0.3, 0.4) is 0 Å². The lowest BCUT2D eigenvalue weighted by Crippen LogP contribution is -2.42. The van der Waals surface area contributed by atoms with Crippen molar-refractivity contribution in [1.82, 2.24) is 35.3 Å². The number of sulfonamides is 1. The van der Waals surface area contributed by atoms with Crippen LogP contribution in [-0.4, -0.2) is 67.5 Å². The molecule has 16 heteroatoms. The minimum Gasteiger partial charge on any atom is -0.395 e. The number of rotatable bonds is 7. The number of tetrazole rings is 1. The van der Waals surface area contributed by atoms with Crippen LogP contribution < -0.4 is 16.2 Å². The van der Waals surface area contributed by atoms with Gasteiger partial charge in [0.15, 0.2) is 9.92 Å². The second-order valence-corrected chi connectivity index (χ2v) is 11.2. The molecule has 0 aliphatic carbocycles. The van der Waals surface area contributed by atoms with Crippen molar-refractivity contribution in [1.29, 1.82) is 0 Å². The summed E-state index contributed by atoms with van der Waals surface area (Å²) in [6, 6.07) is 7.52. The molecule has 2 aromatic heterocycles. The monoisotopic (exact) mass is 504 g/mol. The topological polar surface area (TPSA) is 231 Å². The highest BCUT2D eigenvalue weighted by molar-refractivity contribution is 8.05. The zero-order valence-corrected chi connectivity index (χ0v) is 19.1. The molecule has 1 unspecified atom stereocenters. The predicted octanol–water partition coefficient (Wildman–Crippen LogP) is -0.778. The van der Waals surface area contributed by atoms with E-state index in [4.69, 9.17) is 11.5 Å². The molecule has 14 nitrogen and oxygen atoms in total. The Morgan fingerprint density at radius 3 is 2.65 bits per heavy atom. The first-order valence-electron chi connectivity index (χ1n) is 10.0. The maximum atomic E-state index is 13.6. The minimum atomic E-state index is -4.40. The van der Waals surface area contributed by atoms with Crippen molar-refractivity contribution < 1.29 is 17.7 Å². The number of imidazole rings is 1. The normalized spacial score (nSPS) is 19.7. The van der Waals surface area contributed by atoms with E-state index in [0.29, 0.717) is 28.0 Å². The van der Waals surface area contributed by atoms with Crippen LogP contribution in [0.2, 0.25) is 0 Å². The van der Waals surface area contributed by atoms with Crippen molar-refractivity contribution in [2.45, 2.75) is 22.4 Å². The first-order valence-corrected chi connectivity index (χ1v) is 13.0. The molecule has 4 aromatic rings. The van der Waals surface area contributed by atoms with Crippen LogP contribution >= 0.6 is 0 Å². The second-order valence-electron chi connectivity index (χ2n) is 7.48. The summed E-state index contributed by atoms with van der Waals surface area (Å²) in [6.07, 6.45) is 0. The summed E-state index contributed by atoms with van der Waals surface area (Å²) in [7, 11) is -8.06. The van der Waals surface area contributed by atoms with Crippen molar-refractivity contribution in [3.8, 4) is 22.5 Å². The van der Waals surface area contributed by atoms with Gasteiger partial charge in [0.05, 0.1) is 40.7 Å². The van der Waals surface area contributed by atoms with E-state index < -0.39 is 32.6 Å². The van der Waals surface area contributed by atoms with E-state index in [1.54, 1.807) is 24.3 Å². The molecule has 0 saturated carbocycles. The molecule has 2 aromatic carbocycles. The molecule has 5 rings (SSSR count). The fourth-order valence-electron chi connectivity index (χ4n) is 3.78. The Balaban J connectivity index is 1.77. The van der Waals surface area contributed by atoms with Gasteiger partial charge in [-0.3, -0.25) is 0 Å². The highest BCUT2D eigenvalue weighted by Gasteiger charge is 2.40. The molecule has 0 radical (unpaired) electrons. The molecule has 0 bridgehead atoms. The molecule has 8 N–H and O–H groups in total. The van der Waals surface area contributed by atoms with Crippen molar-refractivity contribution in [3.63, 3.8) is 0 Å². The molecule has 2 atom stereocenters. The van der Waals surface area contributed by atoms with Gasteiger partial charge in [-0.05, 0) is 34.5 Å². The van der Waals surface area contributed by atoms with E-state index in [1.807, 2.05) is 0 Å². The lowest BCUT2D eigenvalue weighted by Gasteiger charge is -2.16. The molecule has 34 heavy (non-hydrogen) atoms. The summed E-state index contributed by atoms with van der Waals surface area (Å²) in [5.74, 6) is 0.587.